The molecule has 4 nitrogen and oxygen atoms in total. The fraction of sp³-hybridized carbons (Fsp3) is 0.500. The molecule has 0 spiro atoms. The van der Waals surface area contributed by atoms with Crippen molar-refractivity contribution >= 4 is 11.6 Å². The third-order valence-corrected chi connectivity index (χ3v) is 3.26. The van der Waals surface area contributed by atoms with Crippen LogP contribution in [0.5, 0.6) is 0 Å². The molecule has 1 fully saturated rings. The molecule has 1 aliphatic heterocycles. The van der Waals surface area contributed by atoms with Gasteiger partial charge in [-0.15, -0.1) is 0 Å². The number of rotatable bonds is 1. The zero-order valence-corrected chi connectivity index (χ0v) is 11.0. The van der Waals surface area contributed by atoms with Crippen LogP contribution in [0.15, 0.2) is 18.2 Å². The number of benzene rings is 1. The number of nitrogens with two attached hydrogens (primary N) is 1. The smallest absolute Gasteiger partial charge is 0.256 e. The largest absolute Gasteiger partial charge is 0.398 e. The van der Waals surface area contributed by atoms with Crippen molar-refractivity contribution in [2.45, 2.75) is 26.4 Å². The molecule has 1 amide bonds. The van der Waals surface area contributed by atoms with E-state index >= 15 is 0 Å². The average Bonchev–Trinajstić information content (AvgIpc) is 2.53. The Kier molecular flexibility index (Phi) is 3.87. The fourth-order valence-corrected chi connectivity index (χ4v) is 2.32. The van der Waals surface area contributed by atoms with E-state index in [1.165, 1.54) is 0 Å². The first-order valence-corrected chi connectivity index (χ1v) is 6.35. The molecule has 2 rings (SSSR count). The van der Waals surface area contributed by atoms with E-state index in [2.05, 4.69) is 0 Å². The van der Waals surface area contributed by atoms with Gasteiger partial charge >= 0.3 is 0 Å². The first-order valence-electron chi connectivity index (χ1n) is 6.35. The molecule has 4 heteroatoms. The SMILES string of the molecule is Cc1cccc(N)c1C(=O)N1CCCOC(C)C1. The van der Waals surface area contributed by atoms with E-state index < -0.39 is 0 Å². The minimum absolute atomic E-state index is 0.0166. The van der Waals surface area contributed by atoms with Gasteiger partial charge in [0, 0.05) is 25.4 Å². The first-order chi connectivity index (χ1) is 8.59. The van der Waals surface area contributed by atoms with Crippen LogP contribution >= 0.6 is 0 Å². The van der Waals surface area contributed by atoms with Crippen LogP contribution in [-0.4, -0.2) is 36.6 Å². The average molecular weight is 248 g/mol. The molecule has 1 aromatic rings. The summed E-state index contributed by atoms with van der Waals surface area (Å²) in [6, 6.07) is 5.56. The van der Waals surface area contributed by atoms with E-state index in [9.17, 15) is 4.79 Å². The highest BCUT2D eigenvalue weighted by Gasteiger charge is 2.23. The van der Waals surface area contributed by atoms with Crippen molar-refractivity contribution in [3.05, 3.63) is 29.3 Å². The van der Waals surface area contributed by atoms with Crippen LogP contribution in [0.3, 0.4) is 0 Å². The lowest BCUT2D eigenvalue weighted by Crippen LogP contribution is -2.36. The Hall–Kier alpha value is -1.55. The van der Waals surface area contributed by atoms with Crippen LogP contribution in [0.4, 0.5) is 5.69 Å². The number of aryl methyl sites for hydroxylation is 1. The van der Waals surface area contributed by atoms with Gasteiger partial charge in [-0.3, -0.25) is 4.79 Å². The predicted octanol–water partition coefficient (Wildman–Crippen LogP) is 1.83. The molecule has 0 bridgehead atoms. The second-order valence-corrected chi connectivity index (χ2v) is 4.83. The summed E-state index contributed by atoms with van der Waals surface area (Å²) in [7, 11) is 0. The number of anilines is 1. The quantitative estimate of drug-likeness (QED) is 0.771. The third-order valence-electron chi connectivity index (χ3n) is 3.26. The molecule has 2 N–H and O–H groups in total. The van der Waals surface area contributed by atoms with E-state index in [-0.39, 0.29) is 12.0 Å². The van der Waals surface area contributed by atoms with E-state index in [1.54, 1.807) is 6.07 Å². The van der Waals surface area contributed by atoms with Crippen molar-refractivity contribution < 1.29 is 9.53 Å². The highest BCUT2D eigenvalue weighted by atomic mass is 16.5. The van der Waals surface area contributed by atoms with Crippen molar-refractivity contribution in [1.29, 1.82) is 0 Å². The molecule has 1 unspecified atom stereocenters. The van der Waals surface area contributed by atoms with Crippen molar-refractivity contribution in [3.63, 3.8) is 0 Å². The van der Waals surface area contributed by atoms with E-state index in [1.807, 2.05) is 30.9 Å². The van der Waals surface area contributed by atoms with Gasteiger partial charge in [0.25, 0.3) is 5.91 Å². The van der Waals surface area contributed by atoms with Gasteiger partial charge in [0.05, 0.1) is 11.7 Å². The summed E-state index contributed by atoms with van der Waals surface area (Å²) >= 11 is 0. The minimum atomic E-state index is 0.0166. The van der Waals surface area contributed by atoms with E-state index in [4.69, 9.17) is 10.5 Å². The summed E-state index contributed by atoms with van der Waals surface area (Å²) in [5, 5.41) is 0. The minimum Gasteiger partial charge on any atom is -0.398 e. The van der Waals surface area contributed by atoms with Gasteiger partial charge in [0.2, 0.25) is 0 Å². The Morgan fingerprint density at radius 3 is 3.00 bits per heavy atom. The molecule has 1 saturated heterocycles. The van der Waals surface area contributed by atoms with Crippen LogP contribution < -0.4 is 5.73 Å². The van der Waals surface area contributed by atoms with E-state index in [0.29, 0.717) is 24.4 Å². The molecular formula is C14H20N2O2. The molecule has 0 saturated carbocycles. The lowest BCUT2D eigenvalue weighted by molar-refractivity contribution is 0.0563. The maximum absolute atomic E-state index is 12.5. The topological polar surface area (TPSA) is 55.6 Å². The second-order valence-electron chi connectivity index (χ2n) is 4.83. The van der Waals surface area contributed by atoms with Crippen molar-refractivity contribution in [3.8, 4) is 0 Å². The molecule has 0 aliphatic carbocycles. The summed E-state index contributed by atoms with van der Waals surface area (Å²) in [4.78, 5) is 14.4. The van der Waals surface area contributed by atoms with Crippen LogP contribution in [0.25, 0.3) is 0 Å². The third kappa shape index (κ3) is 2.64. The monoisotopic (exact) mass is 248 g/mol. The van der Waals surface area contributed by atoms with Gasteiger partial charge in [-0.2, -0.15) is 0 Å². The van der Waals surface area contributed by atoms with Gasteiger partial charge in [0.1, 0.15) is 0 Å². The molecule has 0 radical (unpaired) electrons. The number of ether oxygens (including phenoxy) is 1. The molecule has 1 atom stereocenters. The molecule has 1 aromatic carbocycles. The van der Waals surface area contributed by atoms with E-state index in [0.717, 1.165) is 18.5 Å². The van der Waals surface area contributed by atoms with Crippen molar-refractivity contribution in [1.82, 2.24) is 4.90 Å². The lowest BCUT2D eigenvalue weighted by Gasteiger charge is -2.23. The Labute approximate surface area is 108 Å². The first kappa shape index (κ1) is 12.9. The molecule has 18 heavy (non-hydrogen) atoms. The van der Waals surface area contributed by atoms with Crippen molar-refractivity contribution in [2.75, 3.05) is 25.4 Å². The maximum atomic E-state index is 12.5. The normalized spacial score (nSPS) is 20.6. The Bertz CT molecular complexity index is 425. The van der Waals surface area contributed by atoms with Gasteiger partial charge in [-0.05, 0) is 31.9 Å². The number of hydrogen-bond acceptors (Lipinski definition) is 3. The number of nitrogen functional groups attached to an aromatic ring is 1. The molecule has 98 valence electrons. The summed E-state index contributed by atoms with van der Waals surface area (Å²) in [6.45, 7) is 5.99. The maximum Gasteiger partial charge on any atom is 0.256 e. The lowest BCUT2D eigenvalue weighted by atomic mass is 10.1. The molecule has 1 aliphatic rings. The van der Waals surface area contributed by atoms with Crippen LogP contribution in [0.2, 0.25) is 0 Å². The highest BCUT2D eigenvalue weighted by Crippen LogP contribution is 2.20. The van der Waals surface area contributed by atoms with Gasteiger partial charge in [-0.1, -0.05) is 12.1 Å². The molecule has 0 aromatic heterocycles. The highest BCUT2D eigenvalue weighted by molar-refractivity contribution is 6.00. The number of amides is 1. The second kappa shape index (κ2) is 5.40. The van der Waals surface area contributed by atoms with Crippen LogP contribution in [-0.2, 0) is 4.74 Å². The number of nitrogens with zero attached hydrogens (tertiary/aromatic N) is 1. The zero-order chi connectivity index (χ0) is 13.1. The van der Waals surface area contributed by atoms with Crippen LogP contribution in [0.1, 0.15) is 29.3 Å². The van der Waals surface area contributed by atoms with Crippen LogP contribution in [0, 0.1) is 6.92 Å². The van der Waals surface area contributed by atoms with Gasteiger partial charge < -0.3 is 15.4 Å². The Morgan fingerprint density at radius 2 is 2.28 bits per heavy atom. The van der Waals surface area contributed by atoms with Gasteiger partial charge in [0.15, 0.2) is 0 Å². The van der Waals surface area contributed by atoms with Crippen molar-refractivity contribution in [2.24, 2.45) is 0 Å². The number of carbonyl (C=O) groups excluding carboxylic acids is 1. The molecular weight excluding hydrogens is 228 g/mol. The number of carbonyl (C=O) groups is 1. The fourth-order valence-electron chi connectivity index (χ4n) is 2.32. The number of hydrogen-bond donors (Lipinski definition) is 1. The zero-order valence-electron chi connectivity index (χ0n) is 11.0. The summed E-state index contributed by atoms with van der Waals surface area (Å²) in [5.41, 5.74) is 8.04. The molecule has 1 heterocycles. The Morgan fingerprint density at radius 1 is 1.50 bits per heavy atom. The summed E-state index contributed by atoms with van der Waals surface area (Å²) < 4.78 is 5.55. The van der Waals surface area contributed by atoms with Gasteiger partial charge in [-0.25, -0.2) is 0 Å². The summed E-state index contributed by atoms with van der Waals surface area (Å²) in [6.07, 6.45) is 0.962. The standard InChI is InChI=1S/C14H20N2O2/c1-10-5-3-6-12(15)13(10)14(17)16-7-4-8-18-11(2)9-16/h3,5-6,11H,4,7-9,15H2,1-2H3. The Balaban J connectivity index is 2.24. The predicted molar refractivity (Wildman–Crippen MR) is 71.5 cm³/mol. The summed E-state index contributed by atoms with van der Waals surface area (Å²) in [5.74, 6) is 0.0166.